The molecule has 3 heterocycles. The Hall–Kier alpha value is -1.82. The molecule has 0 saturated carbocycles. The number of carbonyl (C=O) groups excluding carboxylic acids is 1. The molecule has 5 nitrogen and oxygen atoms in total. The lowest BCUT2D eigenvalue weighted by molar-refractivity contribution is -0.122. The molecule has 1 unspecified atom stereocenters. The number of aromatic nitrogens is 2. The van der Waals surface area contributed by atoms with Gasteiger partial charge in [-0.25, -0.2) is 4.98 Å². The van der Waals surface area contributed by atoms with Gasteiger partial charge in [-0.05, 0) is 18.6 Å². The Kier molecular flexibility index (Phi) is 3.50. The summed E-state index contributed by atoms with van der Waals surface area (Å²) in [5.41, 5.74) is 0. The quantitative estimate of drug-likeness (QED) is 0.917. The average Bonchev–Trinajstić information content (AvgIpc) is 3.09. The summed E-state index contributed by atoms with van der Waals surface area (Å²) >= 11 is 1.64. The molecule has 1 aliphatic rings. The van der Waals surface area contributed by atoms with Gasteiger partial charge in [0.05, 0.1) is 0 Å². The van der Waals surface area contributed by atoms with E-state index in [1.807, 2.05) is 40.7 Å². The highest BCUT2D eigenvalue weighted by atomic mass is 32.1. The summed E-state index contributed by atoms with van der Waals surface area (Å²) < 4.78 is 1.88. The van der Waals surface area contributed by atoms with E-state index in [2.05, 4.69) is 15.2 Å². The Bertz CT molecular complexity index is 523. The second kappa shape index (κ2) is 5.44. The summed E-state index contributed by atoms with van der Waals surface area (Å²) in [4.78, 5) is 18.4. The van der Waals surface area contributed by atoms with Crippen molar-refractivity contribution in [2.24, 2.45) is 0 Å². The van der Waals surface area contributed by atoms with Crippen LogP contribution in [0.5, 0.6) is 0 Å². The van der Waals surface area contributed by atoms with Crippen LogP contribution in [0.15, 0.2) is 36.1 Å². The monoisotopic (exact) mass is 276 g/mol. The van der Waals surface area contributed by atoms with Crippen LogP contribution in [-0.4, -0.2) is 34.6 Å². The predicted octanol–water partition coefficient (Wildman–Crippen LogP) is 1.34. The third kappa shape index (κ3) is 2.96. The topological polar surface area (TPSA) is 50.2 Å². The minimum absolute atomic E-state index is 0.0715. The molecule has 2 aromatic rings. The van der Waals surface area contributed by atoms with Gasteiger partial charge in [0.2, 0.25) is 5.91 Å². The SMILES string of the molecule is O=C(Cn1cccc1)NC1CCN(c2nccs2)C1. The molecule has 0 bridgehead atoms. The van der Waals surface area contributed by atoms with Gasteiger partial charge >= 0.3 is 0 Å². The van der Waals surface area contributed by atoms with Crippen molar-refractivity contribution >= 4 is 22.4 Å². The highest BCUT2D eigenvalue weighted by Crippen LogP contribution is 2.22. The highest BCUT2D eigenvalue weighted by molar-refractivity contribution is 7.13. The van der Waals surface area contributed by atoms with Crippen molar-refractivity contribution in [1.29, 1.82) is 0 Å². The molecule has 0 aliphatic carbocycles. The van der Waals surface area contributed by atoms with E-state index < -0.39 is 0 Å². The fourth-order valence-corrected chi connectivity index (χ4v) is 3.02. The van der Waals surface area contributed by atoms with Crippen molar-refractivity contribution < 1.29 is 4.79 Å². The van der Waals surface area contributed by atoms with Gasteiger partial charge < -0.3 is 14.8 Å². The molecule has 6 heteroatoms. The van der Waals surface area contributed by atoms with E-state index in [1.165, 1.54) is 0 Å². The van der Waals surface area contributed by atoms with Crippen molar-refractivity contribution in [2.75, 3.05) is 18.0 Å². The largest absolute Gasteiger partial charge is 0.350 e. The molecule has 1 aliphatic heterocycles. The average molecular weight is 276 g/mol. The molecule has 0 radical (unpaired) electrons. The number of hydrogen-bond acceptors (Lipinski definition) is 4. The van der Waals surface area contributed by atoms with E-state index in [9.17, 15) is 4.79 Å². The van der Waals surface area contributed by atoms with E-state index in [4.69, 9.17) is 0 Å². The molecule has 1 fully saturated rings. The Morgan fingerprint density at radius 2 is 2.32 bits per heavy atom. The Balaban J connectivity index is 1.50. The van der Waals surface area contributed by atoms with Gasteiger partial charge in [-0.3, -0.25) is 4.79 Å². The lowest BCUT2D eigenvalue weighted by Gasteiger charge is -2.16. The minimum atomic E-state index is 0.0715. The van der Waals surface area contributed by atoms with Gasteiger partial charge in [-0.2, -0.15) is 0 Å². The maximum absolute atomic E-state index is 11.9. The van der Waals surface area contributed by atoms with E-state index in [0.717, 1.165) is 24.6 Å². The molecule has 1 saturated heterocycles. The van der Waals surface area contributed by atoms with Gasteiger partial charge in [0.15, 0.2) is 5.13 Å². The third-order valence-electron chi connectivity index (χ3n) is 3.24. The van der Waals surface area contributed by atoms with E-state index in [0.29, 0.717) is 6.54 Å². The number of carbonyl (C=O) groups is 1. The standard InChI is InChI=1S/C13H16N4OS/c18-12(10-16-5-1-2-6-16)15-11-3-7-17(9-11)13-14-4-8-19-13/h1-2,4-6,8,11H,3,7,9-10H2,(H,15,18). The summed E-state index contributed by atoms with van der Waals surface area (Å²) in [5, 5.41) is 6.11. The van der Waals surface area contributed by atoms with Crippen molar-refractivity contribution in [3.05, 3.63) is 36.1 Å². The van der Waals surface area contributed by atoms with Gasteiger partial charge in [0, 0.05) is 43.1 Å². The third-order valence-corrected chi connectivity index (χ3v) is 4.07. The van der Waals surface area contributed by atoms with Crippen LogP contribution in [0.4, 0.5) is 5.13 Å². The lowest BCUT2D eigenvalue weighted by atomic mass is 10.2. The number of nitrogens with zero attached hydrogens (tertiary/aromatic N) is 3. The normalized spacial score (nSPS) is 18.7. The Morgan fingerprint density at radius 3 is 3.05 bits per heavy atom. The zero-order valence-corrected chi connectivity index (χ0v) is 11.3. The first-order valence-electron chi connectivity index (χ1n) is 6.36. The van der Waals surface area contributed by atoms with Gasteiger partial charge in [0.1, 0.15) is 6.54 Å². The molecule has 0 spiro atoms. The first-order chi connectivity index (χ1) is 9.31. The first-order valence-corrected chi connectivity index (χ1v) is 7.24. The number of thiazole rings is 1. The van der Waals surface area contributed by atoms with Crippen LogP contribution in [0.3, 0.4) is 0 Å². The predicted molar refractivity (Wildman–Crippen MR) is 75.3 cm³/mol. The number of hydrogen-bond donors (Lipinski definition) is 1. The Morgan fingerprint density at radius 1 is 1.47 bits per heavy atom. The molecule has 1 amide bonds. The summed E-state index contributed by atoms with van der Waals surface area (Å²) in [5.74, 6) is 0.0715. The molecule has 3 rings (SSSR count). The van der Waals surface area contributed by atoms with Crippen molar-refractivity contribution in [1.82, 2.24) is 14.9 Å². The van der Waals surface area contributed by atoms with Crippen LogP contribution in [0.1, 0.15) is 6.42 Å². The molecule has 1 N–H and O–H groups in total. The van der Waals surface area contributed by atoms with Crippen LogP contribution in [0, 0.1) is 0 Å². The number of amides is 1. The number of anilines is 1. The summed E-state index contributed by atoms with van der Waals surface area (Å²) in [6.07, 6.45) is 6.60. The lowest BCUT2D eigenvalue weighted by Crippen LogP contribution is -2.38. The van der Waals surface area contributed by atoms with Crippen molar-refractivity contribution in [2.45, 2.75) is 19.0 Å². The zero-order valence-electron chi connectivity index (χ0n) is 10.5. The second-order valence-corrected chi connectivity index (χ2v) is 5.54. The zero-order chi connectivity index (χ0) is 13.1. The molecular weight excluding hydrogens is 260 g/mol. The maximum Gasteiger partial charge on any atom is 0.240 e. The minimum Gasteiger partial charge on any atom is -0.350 e. The molecule has 100 valence electrons. The van der Waals surface area contributed by atoms with Crippen LogP contribution in [0.2, 0.25) is 0 Å². The van der Waals surface area contributed by atoms with Gasteiger partial charge in [-0.15, -0.1) is 11.3 Å². The van der Waals surface area contributed by atoms with Gasteiger partial charge in [0.25, 0.3) is 0 Å². The van der Waals surface area contributed by atoms with Crippen LogP contribution < -0.4 is 10.2 Å². The molecular formula is C13H16N4OS. The van der Waals surface area contributed by atoms with Crippen LogP contribution in [-0.2, 0) is 11.3 Å². The summed E-state index contributed by atoms with van der Waals surface area (Å²) in [6, 6.07) is 4.08. The van der Waals surface area contributed by atoms with Crippen molar-refractivity contribution in [3.63, 3.8) is 0 Å². The second-order valence-electron chi connectivity index (χ2n) is 4.67. The number of rotatable bonds is 4. The Labute approximate surface area is 115 Å². The number of nitrogens with one attached hydrogen (secondary N) is 1. The molecule has 2 aromatic heterocycles. The van der Waals surface area contributed by atoms with Crippen LogP contribution in [0.25, 0.3) is 0 Å². The smallest absolute Gasteiger partial charge is 0.240 e. The first kappa shape index (κ1) is 12.2. The fourth-order valence-electron chi connectivity index (χ4n) is 2.34. The summed E-state index contributed by atoms with van der Waals surface area (Å²) in [6.45, 7) is 2.20. The van der Waals surface area contributed by atoms with Gasteiger partial charge in [-0.1, -0.05) is 0 Å². The van der Waals surface area contributed by atoms with Crippen LogP contribution >= 0.6 is 11.3 Å². The van der Waals surface area contributed by atoms with E-state index >= 15 is 0 Å². The molecule has 19 heavy (non-hydrogen) atoms. The fraction of sp³-hybridized carbons (Fsp3) is 0.385. The van der Waals surface area contributed by atoms with E-state index in [-0.39, 0.29) is 11.9 Å². The maximum atomic E-state index is 11.9. The summed E-state index contributed by atoms with van der Waals surface area (Å²) in [7, 11) is 0. The molecule has 0 aromatic carbocycles. The molecule has 1 atom stereocenters. The highest BCUT2D eigenvalue weighted by Gasteiger charge is 2.25. The van der Waals surface area contributed by atoms with E-state index in [1.54, 1.807) is 11.3 Å². The van der Waals surface area contributed by atoms with Crippen molar-refractivity contribution in [3.8, 4) is 0 Å².